The van der Waals surface area contributed by atoms with Crippen LogP contribution < -0.4 is 11.1 Å². The Hall–Kier alpha value is -2.94. The van der Waals surface area contributed by atoms with E-state index in [1.165, 1.54) is 24.0 Å². The highest BCUT2D eigenvalue weighted by molar-refractivity contribution is 6.04. The lowest BCUT2D eigenvalue weighted by Crippen LogP contribution is -2.60. The number of carbonyl (C=O) groups excluding carboxylic acids is 2. The molecule has 3 N–H and O–H groups in total. The fourth-order valence-corrected chi connectivity index (χ4v) is 4.87. The van der Waals surface area contributed by atoms with E-state index in [4.69, 9.17) is 5.73 Å². The zero-order valence-electron chi connectivity index (χ0n) is 18.1. The van der Waals surface area contributed by atoms with Crippen molar-refractivity contribution in [2.24, 2.45) is 5.73 Å². The minimum atomic E-state index is -4.15. The molecule has 4 rings (SSSR count). The molecule has 0 spiro atoms. The first-order valence-electron chi connectivity index (χ1n) is 10.9. The largest absolute Gasteiger partial charge is 0.352 e. The SMILES string of the molecule is Cc1cc(NC(=O)c2ccc(F)c(C(F)(F)C(=O)N3[C@@H]4CCC[C@H]3CC(N)C4)c2)ccc1F. The van der Waals surface area contributed by atoms with Gasteiger partial charge in [0.05, 0.1) is 5.56 Å². The third kappa shape index (κ3) is 4.46. The molecule has 2 aliphatic heterocycles. The molecular formula is C24H25F4N3O2. The lowest BCUT2D eigenvalue weighted by molar-refractivity contribution is -0.169. The van der Waals surface area contributed by atoms with Crippen molar-refractivity contribution in [3.63, 3.8) is 0 Å². The fourth-order valence-electron chi connectivity index (χ4n) is 4.87. The van der Waals surface area contributed by atoms with Gasteiger partial charge in [0.2, 0.25) is 0 Å². The highest BCUT2D eigenvalue weighted by Gasteiger charge is 2.51. The van der Waals surface area contributed by atoms with Crippen LogP contribution in [0.5, 0.6) is 0 Å². The molecular weight excluding hydrogens is 438 g/mol. The molecule has 0 aliphatic carbocycles. The van der Waals surface area contributed by atoms with E-state index in [-0.39, 0.29) is 22.9 Å². The number of fused-ring (bicyclic) bond motifs is 2. The van der Waals surface area contributed by atoms with Gasteiger partial charge in [-0.25, -0.2) is 8.78 Å². The highest BCUT2D eigenvalue weighted by atomic mass is 19.3. The number of halogens is 4. The van der Waals surface area contributed by atoms with Gasteiger partial charge in [-0.3, -0.25) is 9.59 Å². The molecule has 2 aromatic carbocycles. The molecule has 2 amide bonds. The van der Waals surface area contributed by atoms with Gasteiger partial charge in [-0.2, -0.15) is 8.78 Å². The molecule has 3 atom stereocenters. The van der Waals surface area contributed by atoms with E-state index in [0.717, 1.165) is 24.6 Å². The van der Waals surface area contributed by atoms with E-state index in [1.54, 1.807) is 0 Å². The van der Waals surface area contributed by atoms with Crippen molar-refractivity contribution in [1.29, 1.82) is 0 Å². The number of amides is 2. The summed E-state index contributed by atoms with van der Waals surface area (Å²) in [5.41, 5.74) is 5.16. The molecule has 2 aliphatic rings. The van der Waals surface area contributed by atoms with Crippen LogP contribution in [0.1, 0.15) is 53.6 Å². The van der Waals surface area contributed by atoms with Crippen LogP contribution in [-0.2, 0) is 10.7 Å². The van der Waals surface area contributed by atoms with Gasteiger partial charge in [0.25, 0.3) is 11.8 Å². The van der Waals surface area contributed by atoms with Crippen molar-refractivity contribution in [3.8, 4) is 0 Å². The molecule has 2 heterocycles. The Morgan fingerprint density at radius 2 is 1.67 bits per heavy atom. The van der Waals surface area contributed by atoms with Crippen molar-refractivity contribution in [1.82, 2.24) is 4.90 Å². The maximum atomic E-state index is 15.3. The van der Waals surface area contributed by atoms with Gasteiger partial charge in [-0.1, -0.05) is 0 Å². The first-order chi connectivity index (χ1) is 15.6. The van der Waals surface area contributed by atoms with Crippen LogP contribution in [0, 0.1) is 18.6 Å². The summed E-state index contributed by atoms with van der Waals surface area (Å²) in [6.07, 6.45) is 2.84. The van der Waals surface area contributed by atoms with E-state index in [1.807, 2.05) is 0 Å². The summed E-state index contributed by atoms with van der Waals surface area (Å²) in [5.74, 6) is -8.14. The average molecular weight is 463 g/mol. The predicted molar refractivity (Wildman–Crippen MR) is 115 cm³/mol. The Kier molecular flexibility index (Phi) is 6.18. The summed E-state index contributed by atoms with van der Waals surface area (Å²) in [7, 11) is 0. The Morgan fingerprint density at radius 1 is 1.03 bits per heavy atom. The van der Waals surface area contributed by atoms with Crippen molar-refractivity contribution >= 4 is 17.5 Å². The number of benzene rings is 2. The topological polar surface area (TPSA) is 75.4 Å². The Labute approximate surface area is 188 Å². The zero-order chi connectivity index (χ0) is 23.9. The molecule has 2 aromatic rings. The smallest absolute Gasteiger partial charge is 0.331 e. The minimum absolute atomic E-state index is 0.156. The number of alkyl halides is 2. The number of hydrogen-bond acceptors (Lipinski definition) is 3. The maximum absolute atomic E-state index is 15.3. The second kappa shape index (κ2) is 8.78. The number of aryl methyl sites for hydroxylation is 1. The van der Waals surface area contributed by atoms with Gasteiger partial charge in [-0.15, -0.1) is 0 Å². The van der Waals surface area contributed by atoms with E-state index in [9.17, 15) is 18.4 Å². The number of nitrogens with zero attached hydrogens (tertiary/aromatic N) is 1. The van der Waals surface area contributed by atoms with Crippen LogP contribution >= 0.6 is 0 Å². The standard InChI is InChI=1S/C24H25F4N3O2/c1-13-9-16(6-8-20(13)25)30-22(32)14-5-7-21(26)19(10-14)24(27,28)23(33)31-17-3-2-4-18(31)12-15(29)11-17/h5-10,15,17-18H,2-4,11-12,29H2,1H3,(H,30,32)/t15?,17-,18+. The van der Waals surface area contributed by atoms with Crippen LogP contribution in [-0.4, -0.2) is 34.8 Å². The molecule has 2 bridgehead atoms. The summed E-state index contributed by atoms with van der Waals surface area (Å²) in [6.45, 7) is 1.51. The fraction of sp³-hybridized carbons (Fsp3) is 0.417. The van der Waals surface area contributed by atoms with Gasteiger partial charge in [0.1, 0.15) is 11.6 Å². The molecule has 2 fully saturated rings. The predicted octanol–water partition coefficient (Wildman–Crippen LogP) is 4.49. The molecule has 33 heavy (non-hydrogen) atoms. The summed E-state index contributed by atoms with van der Waals surface area (Å²) in [6, 6.07) is 5.41. The Balaban J connectivity index is 1.60. The van der Waals surface area contributed by atoms with E-state index in [2.05, 4.69) is 5.32 Å². The third-order valence-electron chi connectivity index (χ3n) is 6.50. The van der Waals surface area contributed by atoms with Gasteiger partial charge in [0, 0.05) is 29.4 Å². The van der Waals surface area contributed by atoms with Crippen LogP contribution in [0.2, 0.25) is 0 Å². The highest BCUT2D eigenvalue weighted by Crippen LogP contribution is 2.40. The summed E-state index contributed by atoms with van der Waals surface area (Å²) >= 11 is 0. The number of carbonyl (C=O) groups is 2. The van der Waals surface area contributed by atoms with Gasteiger partial charge >= 0.3 is 5.92 Å². The molecule has 2 saturated heterocycles. The van der Waals surface area contributed by atoms with Crippen molar-refractivity contribution in [2.75, 3.05) is 5.32 Å². The molecule has 0 aromatic heterocycles. The average Bonchev–Trinajstić information content (AvgIpc) is 2.75. The van der Waals surface area contributed by atoms with Crippen molar-refractivity contribution in [2.45, 2.75) is 63.1 Å². The molecule has 176 valence electrons. The van der Waals surface area contributed by atoms with Crippen LogP contribution in [0.4, 0.5) is 23.2 Å². The number of rotatable bonds is 4. The van der Waals surface area contributed by atoms with Crippen LogP contribution in [0.25, 0.3) is 0 Å². The maximum Gasteiger partial charge on any atom is 0.352 e. The van der Waals surface area contributed by atoms with Crippen molar-refractivity contribution < 1.29 is 27.2 Å². The summed E-state index contributed by atoms with van der Waals surface area (Å²) < 4.78 is 58.6. The number of hydrogen-bond donors (Lipinski definition) is 2. The number of nitrogens with two attached hydrogens (primary N) is 1. The first-order valence-corrected chi connectivity index (χ1v) is 10.9. The summed E-state index contributed by atoms with van der Waals surface area (Å²) in [5, 5.41) is 2.47. The van der Waals surface area contributed by atoms with Crippen LogP contribution in [0.3, 0.4) is 0 Å². The second-order valence-corrected chi connectivity index (χ2v) is 8.87. The molecule has 5 nitrogen and oxygen atoms in total. The minimum Gasteiger partial charge on any atom is -0.331 e. The molecule has 0 radical (unpaired) electrons. The monoisotopic (exact) mass is 463 g/mol. The van der Waals surface area contributed by atoms with E-state index < -0.39 is 47.0 Å². The number of nitrogens with one attached hydrogen (secondary N) is 1. The van der Waals surface area contributed by atoms with Gasteiger partial charge in [-0.05, 0) is 81.0 Å². The Morgan fingerprint density at radius 3 is 2.30 bits per heavy atom. The third-order valence-corrected chi connectivity index (χ3v) is 6.50. The van der Waals surface area contributed by atoms with Crippen LogP contribution in [0.15, 0.2) is 36.4 Å². The first kappa shape index (κ1) is 23.2. The van der Waals surface area contributed by atoms with E-state index in [0.29, 0.717) is 31.7 Å². The summed E-state index contributed by atoms with van der Waals surface area (Å²) in [4.78, 5) is 26.7. The number of anilines is 1. The quantitative estimate of drug-likeness (QED) is 0.657. The van der Waals surface area contributed by atoms with Gasteiger partial charge < -0.3 is 16.0 Å². The normalized spacial score (nSPS) is 22.7. The van der Waals surface area contributed by atoms with Gasteiger partial charge in [0.15, 0.2) is 0 Å². The lowest BCUT2D eigenvalue weighted by atomic mass is 9.81. The zero-order valence-corrected chi connectivity index (χ0v) is 18.1. The Bertz CT molecular complexity index is 1080. The molecule has 0 saturated carbocycles. The lowest BCUT2D eigenvalue weighted by Gasteiger charge is -2.49. The molecule has 1 unspecified atom stereocenters. The van der Waals surface area contributed by atoms with E-state index >= 15 is 8.78 Å². The molecule has 9 heteroatoms. The number of piperidine rings is 2. The second-order valence-electron chi connectivity index (χ2n) is 8.87. The van der Waals surface area contributed by atoms with Crippen molar-refractivity contribution in [3.05, 3.63) is 64.7 Å².